The Bertz CT molecular complexity index is 878. The van der Waals surface area contributed by atoms with Gasteiger partial charge in [-0.15, -0.1) is 0 Å². The number of pyridine rings is 1. The fraction of sp³-hybridized carbons (Fsp3) is 0.350. The first-order valence-corrected chi connectivity index (χ1v) is 9.02. The van der Waals surface area contributed by atoms with Crippen molar-refractivity contribution in [2.45, 2.75) is 31.8 Å². The van der Waals surface area contributed by atoms with E-state index in [2.05, 4.69) is 26.4 Å². The first kappa shape index (κ1) is 16.7. The molecule has 0 unspecified atom stereocenters. The van der Waals surface area contributed by atoms with E-state index in [4.69, 9.17) is 4.52 Å². The molecule has 26 heavy (non-hydrogen) atoms. The molecule has 1 aliphatic rings. The van der Waals surface area contributed by atoms with Gasteiger partial charge in [0, 0.05) is 36.9 Å². The number of carbonyl (C=O) groups is 1. The third-order valence-electron chi connectivity index (χ3n) is 4.78. The number of nitrogens with one attached hydrogen (secondary N) is 1. The topological polar surface area (TPSA) is 71.3 Å². The molecule has 2 aromatic heterocycles. The van der Waals surface area contributed by atoms with Crippen LogP contribution in [0.25, 0.3) is 11.0 Å². The largest absolute Gasteiger partial charge is 0.356 e. The number of hydrogen-bond donors (Lipinski definition) is 1. The zero-order valence-electron chi connectivity index (χ0n) is 14.6. The van der Waals surface area contributed by atoms with E-state index in [1.807, 2.05) is 36.5 Å². The van der Waals surface area contributed by atoms with Gasteiger partial charge in [-0.25, -0.2) is 0 Å². The van der Waals surface area contributed by atoms with Gasteiger partial charge in [0.05, 0.1) is 6.42 Å². The van der Waals surface area contributed by atoms with Gasteiger partial charge in [0.1, 0.15) is 5.69 Å². The molecule has 0 radical (unpaired) electrons. The average molecular weight is 350 g/mol. The molecular formula is C20H22N4O2. The molecule has 0 bridgehead atoms. The minimum absolute atomic E-state index is 0.00252. The summed E-state index contributed by atoms with van der Waals surface area (Å²) in [7, 11) is 0. The second-order valence-corrected chi connectivity index (χ2v) is 6.81. The zero-order valence-corrected chi connectivity index (χ0v) is 14.6. The number of rotatable bonds is 5. The second kappa shape index (κ2) is 7.66. The highest BCUT2D eigenvalue weighted by molar-refractivity contribution is 5.86. The van der Waals surface area contributed by atoms with E-state index in [-0.39, 0.29) is 18.4 Å². The quantitative estimate of drug-likeness (QED) is 0.766. The van der Waals surface area contributed by atoms with Crippen molar-refractivity contribution in [1.82, 2.24) is 20.4 Å². The lowest BCUT2D eigenvalue weighted by Gasteiger charge is -2.33. The molecule has 3 heterocycles. The first-order chi connectivity index (χ1) is 12.8. The minimum Gasteiger partial charge on any atom is -0.356 e. The fourth-order valence-corrected chi connectivity index (χ4v) is 3.56. The lowest BCUT2D eigenvalue weighted by atomic mass is 10.0. The summed E-state index contributed by atoms with van der Waals surface area (Å²) in [6, 6.07) is 11.8. The molecule has 1 fully saturated rings. The van der Waals surface area contributed by atoms with Gasteiger partial charge in [0.25, 0.3) is 0 Å². The maximum Gasteiger partial charge on any atom is 0.226 e. The van der Waals surface area contributed by atoms with E-state index < -0.39 is 0 Å². The maximum absolute atomic E-state index is 12.5. The molecule has 0 aliphatic carbocycles. The van der Waals surface area contributed by atoms with Crippen LogP contribution < -0.4 is 5.32 Å². The molecule has 1 amide bonds. The Kier molecular flexibility index (Phi) is 4.93. The number of fused-ring (bicyclic) bond motifs is 1. The van der Waals surface area contributed by atoms with Crippen molar-refractivity contribution in [3.05, 3.63) is 60.0 Å². The Labute approximate surface area is 152 Å². The van der Waals surface area contributed by atoms with Crippen LogP contribution in [0.1, 0.15) is 24.1 Å². The minimum atomic E-state index is -0.00252. The van der Waals surface area contributed by atoms with E-state index >= 15 is 0 Å². The van der Waals surface area contributed by atoms with Gasteiger partial charge in [-0.3, -0.25) is 14.7 Å². The predicted octanol–water partition coefficient (Wildman–Crippen LogP) is 2.55. The molecule has 6 nitrogen and oxygen atoms in total. The normalized spacial score (nSPS) is 18.1. The van der Waals surface area contributed by atoms with Crippen LogP contribution in [0.2, 0.25) is 0 Å². The third kappa shape index (κ3) is 3.91. The van der Waals surface area contributed by atoms with Crippen LogP contribution in [0.15, 0.2) is 53.3 Å². The van der Waals surface area contributed by atoms with Crippen LogP contribution in [-0.2, 0) is 17.8 Å². The van der Waals surface area contributed by atoms with Gasteiger partial charge in [0.2, 0.25) is 5.91 Å². The molecule has 1 aromatic carbocycles. The fourth-order valence-electron chi connectivity index (χ4n) is 3.56. The molecule has 0 saturated carbocycles. The maximum atomic E-state index is 12.5. The van der Waals surface area contributed by atoms with Crippen LogP contribution in [0, 0.1) is 0 Å². The van der Waals surface area contributed by atoms with Crippen molar-refractivity contribution >= 4 is 16.9 Å². The molecule has 6 heteroatoms. The summed E-state index contributed by atoms with van der Waals surface area (Å²) in [5.41, 5.74) is 2.62. The van der Waals surface area contributed by atoms with Crippen molar-refractivity contribution in [3.8, 4) is 0 Å². The smallest absolute Gasteiger partial charge is 0.226 e. The summed E-state index contributed by atoms with van der Waals surface area (Å²) in [6.07, 6.45) is 6.03. The zero-order chi connectivity index (χ0) is 17.8. The van der Waals surface area contributed by atoms with Gasteiger partial charge >= 0.3 is 0 Å². The summed E-state index contributed by atoms with van der Waals surface area (Å²) < 4.78 is 5.28. The van der Waals surface area contributed by atoms with Crippen LogP contribution in [0.5, 0.6) is 0 Å². The van der Waals surface area contributed by atoms with E-state index in [0.717, 1.165) is 43.4 Å². The molecule has 4 rings (SSSR count). The van der Waals surface area contributed by atoms with Crippen molar-refractivity contribution in [2.75, 3.05) is 13.1 Å². The van der Waals surface area contributed by atoms with Crippen molar-refractivity contribution in [1.29, 1.82) is 0 Å². The number of amides is 1. The van der Waals surface area contributed by atoms with Gasteiger partial charge in [-0.1, -0.05) is 23.4 Å². The number of likely N-dealkylation sites (tertiary alicyclic amines) is 1. The highest BCUT2D eigenvalue weighted by Gasteiger charge is 2.22. The molecule has 1 saturated heterocycles. The number of nitrogens with zero attached hydrogens (tertiary/aromatic N) is 3. The first-order valence-electron chi connectivity index (χ1n) is 9.02. The summed E-state index contributed by atoms with van der Waals surface area (Å²) in [4.78, 5) is 19.0. The van der Waals surface area contributed by atoms with Crippen molar-refractivity contribution < 1.29 is 9.32 Å². The number of carbonyl (C=O) groups excluding carboxylic acids is 1. The number of aromatic nitrogens is 2. The van der Waals surface area contributed by atoms with Gasteiger partial charge in [-0.2, -0.15) is 0 Å². The molecular weight excluding hydrogens is 328 g/mol. The van der Waals surface area contributed by atoms with Crippen LogP contribution in [0.4, 0.5) is 0 Å². The summed E-state index contributed by atoms with van der Waals surface area (Å²) in [5.74, 6) is -0.00252. The average Bonchev–Trinajstić information content (AvgIpc) is 3.06. The predicted molar refractivity (Wildman–Crippen MR) is 98.4 cm³/mol. The molecule has 134 valence electrons. The Morgan fingerprint density at radius 3 is 3.08 bits per heavy atom. The van der Waals surface area contributed by atoms with Gasteiger partial charge < -0.3 is 9.84 Å². The standard InChI is InChI=1S/C20H22N4O2/c25-20(11-18-17-7-1-2-8-19(17)26-23-18)22-16-6-4-10-24(14-16)13-15-5-3-9-21-12-15/h1-3,5,7-9,12,16H,4,6,10-11,13-14H2,(H,22,25)/t16-/m0/s1. The van der Waals surface area contributed by atoms with Gasteiger partial charge in [-0.05, 0) is 43.1 Å². The highest BCUT2D eigenvalue weighted by atomic mass is 16.5. The monoisotopic (exact) mass is 350 g/mol. The molecule has 1 aliphatic heterocycles. The molecule has 1 N–H and O–H groups in total. The Morgan fingerprint density at radius 2 is 2.19 bits per heavy atom. The molecule has 1 atom stereocenters. The number of para-hydroxylation sites is 1. The SMILES string of the molecule is O=C(Cc1noc2ccccc12)N[C@H]1CCCN(Cc2cccnc2)C1. The Hall–Kier alpha value is -2.73. The number of piperidine rings is 1. The van der Waals surface area contributed by atoms with Crippen molar-refractivity contribution in [2.24, 2.45) is 0 Å². The number of hydrogen-bond acceptors (Lipinski definition) is 5. The van der Waals surface area contributed by atoms with Crippen LogP contribution in [0.3, 0.4) is 0 Å². The van der Waals surface area contributed by atoms with E-state index in [1.54, 1.807) is 6.20 Å². The van der Waals surface area contributed by atoms with Gasteiger partial charge in [0.15, 0.2) is 5.58 Å². The Morgan fingerprint density at radius 1 is 1.27 bits per heavy atom. The van der Waals surface area contributed by atoms with E-state index in [1.165, 1.54) is 5.56 Å². The molecule has 3 aromatic rings. The Balaban J connectivity index is 1.33. The third-order valence-corrected chi connectivity index (χ3v) is 4.78. The number of benzene rings is 1. The molecule has 0 spiro atoms. The van der Waals surface area contributed by atoms with Crippen LogP contribution >= 0.6 is 0 Å². The lowest BCUT2D eigenvalue weighted by molar-refractivity contribution is -0.121. The highest BCUT2D eigenvalue weighted by Crippen LogP contribution is 2.18. The van der Waals surface area contributed by atoms with Crippen LogP contribution in [-0.4, -0.2) is 40.1 Å². The van der Waals surface area contributed by atoms with E-state index in [9.17, 15) is 4.79 Å². The lowest BCUT2D eigenvalue weighted by Crippen LogP contribution is -2.47. The van der Waals surface area contributed by atoms with E-state index in [0.29, 0.717) is 5.69 Å². The summed E-state index contributed by atoms with van der Waals surface area (Å²) >= 11 is 0. The second-order valence-electron chi connectivity index (χ2n) is 6.81. The summed E-state index contributed by atoms with van der Waals surface area (Å²) in [5, 5.41) is 8.11. The van der Waals surface area contributed by atoms with Crippen molar-refractivity contribution in [3.63, 3.8) is 0 Å². The summed E-state index contributed by atoms with van der Waals surface area (Å²) in [6.45, 7) is 2.78.